The fraction of sp³-hybridized carbons (Fsp3) is 0. The molecule has 2 N–H and O–H groups in total. The summed E-state index contributed by atoms with van der Waals surface area (Å²) in [6, 6.07) is 5.94. The van der Waals surface area contributed by atoms with E-state index in [1.165, 1.54) is 18.5 Å². The first-order valence-electron chi connectivity index (χ1n) is 5.52. The van der Waals surface area contributed by atoms with Gasteiger partial charge in [0.25, 0.3) is 0 Å². The van der Waals surface area contributed by atoms with Gasteiger partial charge in [-0.1, -0.05) is 17.3 Å². The molecule has 1 aromatic carbocycles. The highest BCUT2D eigenvalue weighted by Gasteiger charge is 2.17. The molecule has 0 bridgehead atoms. The van der Waals surface area contributed by atoms with Crippen molar-refractivity contribution in [3.05, 3.63) is 48.8 Å². The number of hydrogen-bond acceptors (Lipinski definition) is 5. The lowest BCUT2D eigenvalue weighted by Crippen LogP contribution is -1.89. The van der Waals surface area contributed by atoms with Gasteiger partial charge in [0.15, 0.2) is 11.6 Å². The molecule has 0 atom stereocenters. The third-order valence-corrected chi connectivity index (χ3v) is 2.67. The second-order valence-electron chi connectivity index (χ2n) is 3.91. The van der Waals surface area contributed by atoms with Gasteiger partial charge >= 0.3 is 0 Å². The summed E-state index contributed by atoms with van der Waals surface area (Å²) in [5.74, 6) is 0.388. The number of halogens is 1. The maximum absolute atomic E-state index is 13.0. The average Bonchev–Trinajstić information content (AvgIpc) is 2.83. The standard InChI is InChI=1S/C13H9FN4O/c14-10-3-1-8(2-4-10)11-12(19-18-13(11)15)9-5-16-7-17-6-9/h1-7H,(H2,15,18). The highest BCUT2D eigenvalue weighted by molar-refractivity contribution is 5.85. The molecule has 0 aliphatic rings. The monoisotopic (exact) mass is 256 g/mol. The lowest BCUT2D eigenvalue weighted by Gasteiger charge is -2.02. The van der Waals surface area contributed by atoms with Crippen molar-refractivity contribution in [2.24, 2.45) is 0 Å². The maximum Gasteiger partial charge on any atom is 0.180 e. The molecular formula is C13H9FN4O. The first kappa shape index (κ1) is 11.3. The third-order valence-electron chi connectivity index (χ3n) is 2.67. The van der Waals surface area contributed by atoms with Gasteiger partial charge in [-0.15, -0.1) is 0 Å². The van der Waals surface area contributed by atoms with Gasteiger partial charge in [-0.2, -0.15) is 0 Å². The summed E-state index contributed by atoms with van der Waals surface area (Å²) in [5, 5.41) is 3.75. The molecule has 3 aromatic rings. The van der Waals surface area contributed by atoms with Crippen LogP contribution in [0.1, 0.15) is 0 Å². The van der Waals surface area contributed by atoms with E-state index in [0.717, 1.165) is 5.56 Å². The zero-order valence-corrected chi connectivity index (χ0v) is 9.75. The molecule has 5 nitrogen and oxygen atoms in total. The smallest absolute Gasteiger partial charge is 0.180 e. The van der Waals surface area contributed by atoms with E-state index in [0.29, 0.717) is 16.9 Å². The van der Waals surface area contributed by atoms with Gasteiger partial charge in [-0.25, -0.2) is 14.4 Å². The van der Waals surface area contributed by atoms with Crippen molar-refractivity contribution in [1.82, 2.24) is 15.1 Å². The molecule has 94 valence electrons. The highest BCUT2D eigenvalue weighted by atomic mass is 19.1. The molecule has 0 saturated carbocycles. The molecule has 19 heavy (non-hydrogen) atoms. The van der Waals surface area contributed by atoms with Crippen LogP contribution >= 0.6 is 0 Å². The van der Waals surface area contributed by atoms with Crippen LogP contribution in [0.2, 0.25) is 0 Å². The minimum Gasteiger partial charge on any atom is -0.380 e. The number of rotatable bonds is 2. The van der Waals surface area contributed by atoms with Crippen molar-refractivity contribution < 1.29 is 8.91 Å². The van der Waals surface area contributed by atoms with E-state index in [4.69, 9.17) is 10.3 Å². The van der Waals surface area contributed by atoms with E-state index in [9.17, 15) is 4.39 Å². The van der Waals surface area contributed by atoms with Gasteiger partial charge in [0.1, 0.15) is 12.1 Å². The Hall–Kier alpha value is -2.76. The molecule has 0 unspecified atom stereocenters. The second kappa shape index (κ2) is 4.49. The molecular weight excluding hydrogens is 247 g/mol. The third kappa shape index (κ3) is 2.03. The summed E-state index contributed by atoms with van der Waals surface area (Å²) in [6.45, 7) is 0. The number of hydrogen-bond donors (Lipinski definition) is 1. The average molecular weight is 256 g/mol. The molecule has 0 aliphatic heterocycles. The lowest BCUT2D eigenvalue weighted by atomic mass is 10.0. The molecule has 0 spiro atoms. The van der Waals surface area contributed by atoms with E-state index in [2.05, 4.69) is 15.1 Å². The maximum atomic E-state index is 13.0. The number of nitrogen functional groups attached to an aromatic ring is 1. The Morgan fingerprint density at radius 3 is 2.37 bits per heavy atom. The van der Waals surface area contributed by atoms with Gasteiger partial charge in [-0.05, 0) is 17.7 Å². The van der Waals surface area contributed by atoms with Crippen molar-refractivity contribution >= 4 is 5.82 Å². The summed E-state index contributed by atoms with van der Waals surface area (Å²) in [4.78, 5) is 7.84. The Kier molecular flexibility index (Phi) is 2.68. The largest absolute Gasteiger partial charge is 0.380 e. The van der Waals surface area contributed by atoms with E-state index < -0.39 is 0 Å². The van der Waals surface area contributed by atoms with Crippen LogP contribution < -0.4 is 5.73 Å². The van der Waals surface area contributed by atoms with E-state index >= 15 is 0 Å². The van der Waals surface area contributed by atoms with Gasteiger partial charge in [0.05, 0.1) is 11.1 Å². The number of anilines is 1. The second-order valence-corrected chi connectivity index (χ2v) is 3.91. The van der Waals surface area contributed by atoms with Crippen molar-refractivity contribution in [2.45, 2.75) is 0 Å². The van der Waals surface area contributed by atoms with Gasteiger partial charge in [-0.3, -0.25) is 0 Å². The summed E-state index contributed by atoms with van der Waals surface area (Å²) in [6.07, 6.45) is 4.61. The minimum atomic E-state index is -0.316. The summed E-state index contributed by atoms with van der Waals surface area (Å²) >= 11 is 0. The van der Waals surface area contributed by atoms with Crippen LogP contribution in [0, 0.1) is 5.82 Å². The van der Waals surface area contributed by atoms with Crippen LogP contribution in [0.5, 0.6) is 0 Å². The number of nitrogens with zero attached hydrogens (tertiary/aromatic N) is 3. The van der Waals surface area contributed by atoms with Crippen LogP contribution in [-0.2, 0) is 0 Å². The lowest BCUT2D eigenvalue weighted by molar-refractivity contribution is 0.436. The summed E-state index contributed by atoms with van der Waals surface area (Å²) < 4.78 is 18.2. The van der Waals surface area contributed by atoms with Crippen molar-refractivity contribution in [3.63, 3.8) is 0 Å². The van der Waals surface area contributed by atoms with E-state index in [1.54, 1.807) is 24.5 Å². The van der Waals surface area contributed by atoms with Crippen LogP contribution in [0.4, 0.5) is 10.2 Å². The SMILES string of the molecule is Nc1noc(-c2cncnc2)c1-c1ccc(F)cc1. The summed E-state index contributed by atoms with van der Waals surface area (Å²) in [5.41, 5.74) is 7.80. The summed E-state index contributed by atoms with van der Waals surface area (Å²) in [7, 11) is 0. The first-order valence-corrected chi connectivity index (χ1v) is 5.52. The van der Waals surface area contributed by atoms with E-state index in [-0.39, 0.29) is 11.6 Å². The van der Waals surface area contributed by atoms with Crippen LogP contribution in [0.3, 0.4) is 0 Å². The Labute approximate surface area is 107 Å². The number of aromatic nitrogens is 3. The zero-order valence-electron chi connectivity index (χ0n) is 9.75. The number of benzene rings is 1. The van der Waals surface area contributed by atoms with E-state index in [1.807, 2.05) is 0 Å². The fourth-order valence-electron chi connectivity index (χ4n) is 1.81. The highest BCUT2D eigenvalue weighted by Crippen LogP contribution is 2.35. The Morgan fingerprint density at radius 2 is 1.68 bits per heavy atom. The molecule has 6 heteroatoms. The van der Waals surface area contributed by atoms with Crippen LogP contribution in [0.15, 0.2) is 47.5 Å². The van der Waals surface area contributed by atoms with Crippen LogP contribution in [0.25, 0.3) is 22.5 Å². The molecule has 2 heterocycles. The molecule has 0 aliphatic carbocycles. The van der Waals surface area contributed by atoms with Gasteiger partial charge < -0.3 is 10.3 Å². The van der Waals surface area contributed by atoms with Crippen molar-refractivity contribution in [1.29, 1.82) is 0 Å². The zero-order chi connectivity index (χ0) is 13.2. The van der Waals surface area contributed by atoms with Crippen molar-refractivity contribution in [3.8, 4) is 22.5 Å². The molecule has 2 aromatic heterocycles. The molecule has 3 rings (SSSR count). The normalized spacial score (nSPS) is 10.6. The van der Waals surface area contributed by atoms with Crippen molar-refractivity contribution in [2.75, 3.05) is 5.73 Å². The van der Waals surface area contributed by atoms with Gasteiger partial charge in [0, 0.05) is 12.4 Å². The minimum absolute atomic E-state index is 0.241. The van der Waals surface area contributed by atoms with Gasteiger partial charge in [0.2, 0.25) is 0 Å². The predicted molar refractivity (Wildman–Crippen MR) is 67.3 cm³/mol. The molecule has 0 saturated heterocycles. The fourth-order valence-corrected chi connectivity index (χ4v) is 1.81. The Bertz CT molecular complexity index is 694. The Morgan fingerprint density at radius 1 is 1.00 bits per heavy atom. The first-order chi connectivity index (χ1) is 9.25. The quantitative estimate of drug-likeness (QED) is 0.762. The molecule has 0 radical (unpaired) electrons. The molecule has 0 fully saturated rings. The topological polar surface area (TPSA) is 77.8 Å². The number of nitrogens with two attached hydrogens (primary N) is 1. The predicted octanol–water partition coefficient (Wildman–Crippen LogP) is 2.52. The Balaban J connectivity index is 2.17. The van der Waals surface area contributed by atoms with Crippen LogP contribution in [-0.4, -0.2) is 15.1 Å². The molecule has 0 amide bonds.